The fraction of sp³-hybridized carbons (Fsp3) is 0.917. The molecule has 2 unspecified atom stereocenters. The van der Waals surface area contributed by atoms with Gasteiger partial charge in [0.25, 0.3) is 0 Å². The van der Waals surface area contributed by atoms with Gasteiger partial charge in [-0.1, -0.05) is 13.3 Å². The van der Waals surface area contributed by atoms with Crippen molar-refractivity contribution in [3.05, 3.63) is 0 Å². The number of ether oxygens (including phenoxy) is 2. The Kier molecular flexibility index (Phi) is 4.59. The fourth-order valence-electron chi connectivity index (χ4n) is 1.89. The zero-order chi connectivity index (χ0) is 12.2. The predicted octanol–water partition coefficient (Wildman–Crippen LogP) is 2.33. The lowest BCUT2D eigenvalue weighted by Crippen LogP contribution is -2.47. The van der Waals surface area contributed by atoms with E-state index in [1.165, 1.54) is 0 Å². The second kappa shape index (κ2) is 5.53. The molecule has 1 N–H and O–H groups in total. The van der Waals surface area contributed by atoms with Crippen LogP contribution in [0.3, 0.4) is 0 Å². The van der Waals surface area contributed by atoms with E-state index in [0.29, 0.717) is 12.5 Å². The van der Waals surface area contributed by atoms with E-state index in [2.05, 4.69) is 12.2 Å². The summed E-state index contributed by atoms with van der Waals surface area (Å²) in [6.07, 6.45) is 1.72. The van der Waals surface area contributed by atoms with Crippen LogP contribution < -0.4 is 5.32 Å². The van der Waals surface area contributed by atoms with E-state index in [0.717, 1.165) is 19.4 Å². The van der Waals surface area contributed by atoms with Gasteiger partial charge in [-0.25, -0.2) is 4.79 Å². The summed E-state index contributed by atoms with van der Waals surface area (Å²) in [5.41, 5.74) is -0.443. The standard InChI is InChI=1S/C12H23NO3/c1-5-9-6-7-15-8-10(9)13-11(14)16-12(2,3)4/h9-10H,5-8H2,1-4H3,(H,13,14). The zero-order valence-electron chi connectivity index (χ0n) is 10.7. The predicted molar refractivity (Wildman–Crippen MR) is 62.4 cm³/mol. The number of rotatable bonds is 2. The van der Waals surface area contributed by atoms with Gasteiger partial charge in [0.1, 0.15) is 5.60 Å². The highest BCUT2D eigenvalue weighted by Crippen LogP contribution is 2.19. The Balaban J connectivity index is 2.42. The number of carbonyl (C=O) groups is 1. The van der Waals surface area contributed by atoms with Crippen molar-refractivity contribution >= 4 is 6.09 Å². The van der Waals surface area contributed by atoms with E-state index < -0.39 is 5.60 Å². The molecule has 4 nitrogen and oxygen atoms in total. The van der Waals surface area contributed by atoms with Crippen molar-refractivity contribution in [2.45, 2.75) is 52.2 Å². The molecule has 1 aliphatic rings. The lowest BCUT2D eigenvalue weighted by molar-refractivity contribution is 0.0167. The highest BCUT2D eigenvalue weighted by atomic mass is 16.6. The molecule has 0 spiro atoms. The molecule has 16 heavy (non-hydrogen) atoms. The van der Waals surface area contributed by atoms with Crippen molar-refractivity contribution < 1.29 is 14.3 Å². The first-order chi connectivity index (χ1) is 7.42. The number of nitrogens with one attached hydrogen (secondary N) is 1. The molecule has 1 heterocycles. The maximum Gasteiger partial charge on any atom is 0.407 e. The van der Waals surface area contributed by atoms with E-state index in [4.69, 9.17) is 9.47 Å². The minimum absolute atomic E-state index is 0.0913. The molecule has 0 aromatic heterocycles. The van der Waals surface area contributed by atoms with Crippen LogP contribution >= 0.6 is 0 Å². The van der Waals surface area contributed by atoms with E-state index in [-0.39, 0.29) is 12.1 Å². The Morgan fingerprint density at radius 1 is 1.50 bits per heavy atom. The van der Waals surface area contributed by atoms with Crippen molar-refractivity contribution in [1.82, 2.24) is 5.32 Å². The number of hydrogen-bond acceptors (Lipinski definition) is 3. The average Bonchev–Trinajstić information content (AvgIpc) is 2.15. The van der Waals surface area contributed by atoms with Gasteiger partial charge in [-0.2, -0.15) is 0 Å². The van der Waals surface area contributed by atoms with Crippen LogP contribution in [0.5, 0.6) is 0 Å². The second-order valence-corrected chi connectivity index (χ2v) is 5.28. The van der Waals surface area contributed by atoms with Crippen LogP contribution in [-0.2, 0) is 9.47 Å². The molecule has 1 rings (SSSR count). The van der Waals surface area contributed by atoms with E-state index >= 15 is 0 Å². The topological polar surface area (TPSA) is 47.6 Å². The van der Waals surface area contributed by atoms with Crippen molar-refractivity contribution in [2.24, 2.45) is 5.92 Å². The van der Waals surface area contributed by atoms with Crippen molar-refractivity contribution in [3.63, 3.8) is 0 Å². The van der Waals surface area contributed by atoms with Gasteiger partial charge in [-0.3, -0.25) is 0 Å². The number of amides is 1. The molecule has 0 aromatic carbocycles. The van der Waals surface area contributed by atoms with E-state index in [1.807, 2.05) is 20.8 Å². The van der Waals surface area contributed by atoms with Gasteiger partial charge < -0.3 is 14.8 Å². The molecule has 0 saturated carbocycles. The zero-order valence-corrected chi connectivity index (χ0v) is 10.7. The van der Waals surface area contributed by atoms with Gasteiger partial charge in [0.2, 0.25) is 0 Å². The lowest BCUT2D eigenvalue weighted by atomic mass is 9.92. The summed E-state index contributed by atoms with van der Waals surface area (Å²) in [4.78, 5) is 11.6. The van der Waals surface area contributed by atoms with Crippen LogP contribution in [0.25, 0.3) is 0 Å². The first kappa shape index (κ1) is 13.3. The van der Waals surface area contributed by atoms with Crippen molar-refractivity contribution in [1.29, 1.82) is 0 Å². The second-order valence-electron chi connectivity index (χ2n) is 5.28. The lowest BCUT2D eigenvalue weighted by Gasteiger charge is -2.32. The molecule has 1 saturated heterocycles. The Morgan fingerprint density at radius 2 is 2.19 bits per heavy atom. The van der Waals surface area contributed by atoms with Crippen molar-refractivity contribution in [2.75, 3.05) is 13.2 Å². The van der Waals surface area contributed by atoms with Gasteiger partial charge >= 0.3 is 6.09 Å². The molecule has 0 radical (unpaired) electrons. The Hall–Kier alpha value is -0.770. The van der Waals surface area contributed by atoms with Gasteiger partial charge in [0, 0.05) is 6.61 Å². The number of carbonyl (C=O) groups excluding carboxylic acids is 1. The van der Waals surface area contributed by atoms with Gasteiger partial charge in [0.15, 0.2) is 0 Å². The molecule has 4 heteroatoms. The molecule has 0 aromatic rings. The Labute approximate surface area is 97.7 Å². The van der Waals surface area contributed by atoms with Crippen LogP contribution in [-0.4, -0.2) is 30.9 Å². The molecule has 0 aliphatic carbocycles. The minimum Gasteiger partial charge on any atom is -0.444 e. The monoisotopic (exact) mass is 229 g/mol. The maximum absolute atomic E-state index is 11.6. The summed E-state index contributed by atoms with van der Waals surface area (Å²) in [6.45, 7) is 9.12. The Morgan fingerprint density at radius 3 is 2.75 bits per heavy atom. The molecule has 1 amide bonds. The van der Waals surface area contributed by atoms with Crippen LogP contribution in [0.4, 0.5) is 4.79 Å². The Bertz CT molecular complexity index is 235. The maximum atomic E-state index is 11.6. The summed E-state index contributed by atoms with van der Waals surface area (Å²) in [5.74, 6) is 0.501. The quantitative estimate of drug-likeness (QED) is 0.790. The fourth-order valence-corrected chi connectivity index (χ4v) is 1.89. The summed E-state index contributed by atoms with van der Waals surface area (Å²) >= 11 is 0. The molecule has 94 valence electrons. The van der Waals surface area contributed by atoms with Crippen LogP contribution in [0, 0.1) is 5.92 Å². The molecule has 0 bridgehead atoms. The normalized spacial score (nSPS) is 26.2. The third-order valence-electron chi connectivity index (χ3n) is 2.73. The van der Waals surface area contributed by atoms with E-state index in [1.54, 1.807) is 0 Å². The van der Waals surface area contributed by atoms with Gasteiger partial charge in [-0.15, -0.1) is 0 Å². The third-order valence-corrected chi connectivity index (χ3v) is 2.73. The van der Waals surface area contributed by atoms with Gasteiger partial charge in [-0.05, 0) is 33.1 Å². The molecule has 2 atom stereocenters. The largest absolute Gasteiger partial charge is 0.444 e. The van der Waals surface area contributed by atoms with Crippen LogP contribution in [0.1, 0.15) is 40.5 Å². The molecule has 1 fully saturated rings. The van der Waals surface area contributed by atoms with Gasteiger partial charge in [0.05, 0.1) is 12.6 Å². The first-order valence-electron chi connectivity index (χ1n) is 5.99. The average molecular weight is 229 g/mol. The number of alkyl carbamates (subject to hydrolysis) is 1. The summed E-state index contributed by atoms with van der Waals surface area (Å²) in [7, 11) is 0. The summed E-state index contributed by atoms with van der Waals surface area (Å²) < 4.78 is 10.6. The summed E-state index contributed by atoms with van der Waals surface area (Å²) in [6, 6.07) is 0.0913. The molecular formula is C12H23NO3. The van der Waals surface area contributed by atoms with Crippen LogP contribution in [0.15, 0.2) is 0 Å². The third kappa shape index (κ3) is 4.39. The minimum atomic E-state index is -0.443. The molecule has 1 aliphatic heterocycles. The summed E-state index contributed by atoms with van der Waals surface area (Å²) in [5, 5.41) is 2.89. The SMILES string of the molecule is CCC1CCOCC1NC(=O)OC(C)(C)C. The smallest absolute Gasteiger partial charge is 0.407 e. The van der Waals surface area contributed by atoms with E-state index in [9.17, 15) is 4.79 Å². The highest BCUT2D eigenvalue weighted by molar-refractivity contribution is 5.68. The molecular weight excluding hydrogens is 206 g/mol. The highest BCUT2D eigenvalue weighted by Gasteiger charge is 2.27. The van der Waals surface area contributed by atoms with Crippen LogP contribution in [0.2, 0.25) is 0 Å². The van der Waals surface area contributed by atoms with Crippen molar-refractivity contribution in [3.8, 4) is 0 Å². The number of hydrogen-bond donors (Lipinski definition) is 1. The first-order valence-corrected chi connectivity index (χ1v) is 5.99.